The lowest BCUT2D eigenvalue weighted by atomic mass is 9.53. The minimum Gasteiger partial charge on any atom is -0.389 e. The minimum atomic E-state index is -0.630. The molecule has 2 atom stereocenters. The van der Waals surface area contributed by atoms with Crippen LogP contribution in [0.5, 0.6) is 0 Å². The number of halogens is 3. The maximum Gasteiger partial charge on any atom is 0.0747 e. The third-order valence-corrected chi connectivity index (χ3v) is 6.10. The molecular weight excluding hydrogens is 329 g/mol. The van der Waals surface area contributed by atoms with Crippen LogP contribution in [0.2, 0.25) is 10.0 Å². The average Bonchev–Trinajstić information content (AvgIpc) is 2.42. The van der Waals surface area contributed by atoms with Gasteiger partial charge in [0, 0.05) is 5.41 Å². The molecular formula is C16H22Cl3NO. The molecule has 0 heterocycles. The lowest BCUT2D eigenvalue weighted by Crippen LogP contribution is -2.57. The highest BCUT2D eigenvalue weighted by Crippen LogP contribution is 2.55. The third-order valence-electron chi connectivity index (χ3n) is 5.38. The SMILES string of the molecule is Cl.NCC[C@]12CCCC[C@@]1(O)CCc1cc(Cl)c(Cl)cc12. The fraction of sp³-hybridized carbons (Fsp3) is 0.625. The summed E-state index contributed by atoms with van der Waals surface area (Å²) in [6.07, 6.45) is 6.58. The molecule has 0 unspecified atom stereocenters. The Morgan fingerprint density at radius 2 is 1.76 bits per heavy atom. The maximum atomic E-state index is 11.2. The first-order chi connectivity index (χ1) is 9.52. The summed E-state index contributed by atoms with van der Waals surface area (Å²) in [5.41, 5.74) is 7.43. The second-order valence-electron chi connectivity index (χ2n) is 6.28. The first-order valence-electron chi connectivity index (χ1n) is 7.43. The summed E-state index contributed by atoms with van der Waals surface area (Å²) in [5.74, 6) is 0. The first kappa shape index (κ1) is 17.4. The number of nitrogens with two attached hydrogens (primary N) is 1. The van der Waals surface area contributed by atoms with Gasteiger partial charge >= 0.3 is 0 Å². The Morgan fingerprint density at radius 1 is 1.10 bits per heavy atom. The van der Waals surface area contributed by atoms with E-state index in [0.717, 1.165) is 44.9 Å². The Balaban J connectivity index is 0.00000161. The Kier molecular flexibility index (Phi) is 5.17. The average molecular weight is 351 g/mol. The van der Waals surface area contributed by atoms with Gasteiger partial charge in [0.15, 0.2) is 0 Å². The predicted molar refractivity (Wildman–Crippen MR) is 90.8 cm³/mol. The zero-order valence-corrected chi connectivity index (χ0v) is 14.3. The monoisotopic (exact) mass is 349 g/mol. The van der Waals surface area contributed by atoms with Crippen LogP contribution in [-0.4, -0.2) is 17.3 Å². The van der Waals surface area contributed by atoms with Gasteiger partial charge in [0.2, 0.25) is 0 Å². The van der Waals surface area contributed by atoms with E-state index in [4.69, 9.17) is 28.9 Å². The van der Waals surface area contributed by atoms with Crippen LogP contribution in [0.4, 0.5) is 0 Å². The number of fused-ring (bicyclic) bond motifs is 3. The third kappa shape index (κ3) is 2.60. The summed E-state index contributed by atoms with van der Waals surface area (Å²) in [6, 6.07) is 3.95. The summed E-state index contributed by atoms with van der Waals surface area (Å²) in [4.78, 5) is 0. The van der Waals surface area contributed by atoms with Gasteiger partial charge in [0.1, 0.15) is 0 Å². The number of rotatable bonds is 2. The molecule has 118 valence electrons. The van der Waals surface area contributed by atoms with Crippen molar-refractivity contribution in [3.05, 3.63) is 33.3 Å². The molecule has 2 nitrogen and oxygen atoms in total. The molecule has 2 aliphatic carbocycles. The second kappa shape index (κ2) is 6.25. The molecule has 0 amide bonds. The van der Waals surface area contributed by atoms with Gasteiger partial charge in [-0.05, 0) is 61.9 Å². The van der Waals surface area contributed by atoms with Gasteiger partial charge in [0.05, 0.1) is 15.6 Å². The standard InChI is InChI=1S/C16H21Cl2NO.ClH/c17-13-9-11-3-6-16(20)5-2-1-4-15(16,7-8-19)12(11)10-14(13)18;/h9-10,20H,1-8,19H2;1H/t15-,16+;/m0./s1. The molecule has 21 heavy (non-hydrogen) atoms. The van der Waals surface area contributed by atoms with Crippen molar-refractivity contribution in [1.82, 2.24) is 0 Å². The molecule has 0 aliphatic heterocycles. The Bertz CT molecular complexity index is 532. The number of hydrogen-bond donors (Lipinski definition) is 2. The van der Waals surface area contributed by atoms with Crippen LogP contribution in [0, 0.1) is 0 Å². The van der Waals surface area contributed by atoms with Crippen LogP contribution >= 0.6 is 35.6 Å². The number of aryl methyl sites for hydroxylation is 1. The lowest BCUT2D eigenvalue weighted by Gasteiger charge is -2.54. The normalized spacial score (nSPS) is 31.0. The van der Waals surface area contributed by atoms with Crippen molar-refractivity contribution in [2.45, 2.75) is 56.0 Å². The first-order valence-corrected chi connectivity index (χ1v) is 8.19. The molecule has 0 radical (unpaired) electrons. The highest BCUT2D eigenvalue weighted by atomic mass is 35.5. The van der Waals surface area contributed by atoms with E-state index in [1.165, 1.54) is 11.1 Å². The van der Waals surface area contributed by atoms with E-state index in [9.17, 15) is 5.11 Å². The number of benzene rings is 1. The number of aliphatic hydroxyl groups is 1. The Hall–Kier alpha value is 0.01000. The van der Waals surface area contributed by atoms with Crippen molar-refractivity contribution in [3.63, 3.8) is 0 Å². The molecule has 3 rings (SSSR count). The van der Waals surface area contributed by atoms with Crippen LogP contribution in [0.15, 0.2) is 12.1 Å². The van der Waals surface area contributed by atoms with E-state index in [2.05, 4.69) is 0 Å². The smallest absolute Gasteiger partial charge is 0.0747 e. The van der Waals surface area contributed by atoms with E-state index >= 15 is 0 Å². The summed E-state index contributed by atoms with van der Waals surface area (Å²) in [7, 11) is 0. The zero-order chi connectivity index (χ0) is 14.4. The maximum absolute atomic E-state index is 11.2. The number of hydrogen-bond acceptors (Lipinski definition) is 2. The Labute approximate surface area is 142 Å². The van der Waals surface area contributed by atoms with Crippen molar-refractivity contribution >= 4 is 35.6 Å². The fourth-order valence-electron chi connectivity index (χ4n) is 4.39. The molecule has 3 N–H and O–H groups in total. The molecule has 0 bridgehead atoms. The zero-order valence-electron chi connectivity index (χ0n) is 12.0. The highest BCUT2D eigenvalue weighted by Gasteiger charge is 2.54. The highest BCUT2D eigenvalue weighted by molar-refractivity contribution is 6.42. The van der Waals surface area contributed by atoms with Crippen molar-refractivity contribution in [2.75, 3.05) is 6.54 Å². The predicted octanol–water partition coefficient (Wildman–Crippen LogP) is 4.25. The molecule has 0 aromatic heterocycles. The van der Waals surface area contributed by atoms with Gasteiger partial charge in [0.25, 0.3) is 0 Å². The fourth-order valence-corrected chi connectivity index (χ4v) is 4.74. The molecule has 0 saturated heterocycles. The van der Waals surface area contributed by atoms with E-state index < -0.39 is 5.60 Å². The molecule has 1 saturated carbocycles. The van der Waals surface area contributed by atoms with E-state index in [-0.39, 0.29) is 17.8 Å². The van der Waals surface area contributed by atoms with Crippen molar-refractivity contribution < 1.29 is 5.11 Å². The van der Waals surface area contributed by atoms with Crippen molar-refractivity contribution in [3.8, 4) is 0 Å². The summed E-state index contributed by atoms with van der Waals surface area (Å²) in [5, 5.41) is 12.4. The van der Waals surface area contributed by atoms with E-state index in [1.807, 2.05) is 12.1 Å². The minimum absolute atomic E-state index is 0. The Morgan fingerprint density at radius 3 is 2.48 bits per heavy atom. The summed E-state index contributed by atoms with van der Waals surface area (Å²) < 4.78 is 0. The topological polar surface area (TPSA) is 46.2 Å². The van der Waals surface area contributed by atoms with Gasteiger partial charge in [-0.1, -0.05) is 36.0 Å². The van der Waals surface area contributed by atoms with Crippen LogP contribution in [0.25, 0.3) is 0 Å². The second-order valence-corrected chi connectivity index (χ2v) is 7.10. The van der Waals surface area contributed by atoms with Crippen LogP contribution in [0.1, 0.15) is 49.7 Å². The van der Waals surface area contributed by atoms with Crippen LogP contribution < -0.4 is 5.73 Å². The van der Waals surface area contributed by atoms with Gasteiger partial charge in [-0.2, -0.15) is 0 Å². The molecule has 5 heteroatoms. The quantitative estimate of drug-likeness (QED) is 0.837. The molecule has 1 aromatic carbocycles. The van der Waals surface area contributed by atoms with Gasteiger partial charge in [-0.3, -0.25) is 0 Å². The van der Waals surface area contributed by atoms with Crippen molar-refractivity contribution in [2.24, 2.45) is 5.73 Å². The van der Waals surface area contributed by atoms with Crippen LogP contribution in [-0.2, 0) is 11.8 Å². The van der Waals surface area contributed by atoms with Gasteiger partial charge < -0.3 is 10.8 Å². The van der Waals surface area contributed by atoms with Gasteiger partial charge in [-0.15, -0.1) is 12.4 Å². The van der Waals surface area contributed by atoms with Crippen LogP contribution in [0.3, 0.4) is 0 Å². The van der Waals surface area contributed by atoms with Gasteiger partial charge in [-0.25, -0.2) is 0 Å². The van der Waals surface area contributed by atoms with E-state index in [0.29, 0.717) is 16.6 Å². The van der Waals surface area contributed by atoms with E-state index in [1.54, 1.807) is 0 Å². The largest absolute Gasteiger partial charge is 0.389 e. The molecule has 0 spiro atoms. The molecule has 2 aliphatic rings. The molecule has 1 aromatic rings. The molecule has 1 fully saturated rings. The summed E-state index contributed by atoms with van der Waals surface area (Å²) in [6.45, 7) is 0.585. The van der Waals surface area contributed by atoms with Crippen molar-refractivity contribution in [1.29, 1.82) is 0 Å². The lowest BCUT2D eigenvalue weighted by molar-refractivity contribution is -0.0862. The summed E-state index contributed by atoms with van der Waals surface area (Å²) >= 11 is 12.4.